The van der Waals surface area contributed by atoms with E-state index in [1.165, 1.54) is 13.2 Å². The molecule has 0 saturated heterocycles. The first-order valence-corrected chi connectivity index (χ1v) is 9.75. The van der Waals surface area contributed by atoms with E-state index in [2.05, 4.69) is 5.32 Å². The van der Waals surface area contributed by atoms with E-state index in [9.17, 15) is 13.6 Å². The third kappa shape index (κ3) is 6.82. The Kier molecular flexibility index (Phi) is 8.58. The van der Waals surface area contributed by atoms with Crippen LogP contribution in [0, 0.1) is 32.4 Å². The Morgan fingerprint density at radius 2 is 1.72 bits per heavy atom. The van der Waals surface area contributed by atoms with Crippen molar-refractivity contribution in [2.75, 3.05) is 19.0 Å². The molecule has 2 rings (SSSR count). The minimum atomic E-state index is -0.510. The van der Waals surface area contributed by atoms with Crippen LogP contribution in [0.2, 0.25) is 0 Å². The molecule has 29 heavy (non-hydrogen) atoms. The first-order valence-electron chi connectivity index (χ1n) is 9.75. The van der Waals surface area contributed by atoms with Crippen molar-refractivity contribution in [3.8, 4) is 0 Å². The lowest BCUT2D eigenvalue weighted by Gasteiger charge is -2.19. The van der Waals surface area contributed by atoms with E-state index in [0.29, 0.717) is 42.0 Å². The Morgan fingerprint density at radius 3 is 2.34 bits per heavy atom. The van der Waals surface area contributed by atoms with Crippen molar-refractivity contribution in [2.24, 2.45) is 0 Å². The minimum Gasteiger partial charge on any atom is -0.467 e. The zero-order chi connectivity index (χ0) is 21.4. The second kappa shape index (κ2) is 10.9. The average molecular weight is 405 g/mol. The van der Waals surface area contributed by atoms with Crippen LogP contribution in [0.15, 0.2) is 30.3 Å². The summed E-state index contributed by atoms with van der Waals surface area (Å²) in [7, 11) is 1.35. The van der Waals surface area contributed by atoms with Gasteiger partial charge in [0, 0.05) is 12.3 Å². The molecule has 0 saturated carbocycles. The van der Waals surface area contributed by atoms with E-state index in [1.807, 2.05) is 0 Å². The number of carbonyl (C=O) groups excluding carboxylic acids is 1. The quantitative estimate of drug-likeness (QED) is 0.434. The van der Waals surface area contributed by atoms with Gasteiger partial charge in [0.25, 0.3) is 0 Å². The van der Waals surface area contributed by atoms with Gasteiger partial charge in [-0.2, -0.15) is 0 Å². The van der Waals surface area contributed by atoms with Crippen molar-refractivity contribution in [2.45, 2.75) is 52.7 Å². The summed E-state index contributed by atoms with van der Waals surface area (Å²) in [6.07, 6.45) is 2.10. The van der Waals surface area contributed by atoms with Gasteiger partial charge in [-0.3, -0.25) is 0 Å². The van der Waals surface area contributed by atoms with Crippen molar-refractivity contribution in [3.63, 3.8) is 0 Å². The molecule has 0 aliphatic carbocycles. The van der Waals surface area contributed by atoms with Gasteiger partial charge < -0.3 is 14.8 Å². The number of halogens is 2. The van der Waals surface area contributed by atoms with Crippen molar-refractivity contribution < 1.29 is 23.0 Å². The second-order valence-corrected chi connectivity index (χ2v) is 7.28. The van der Waals surface area contributed by atoms with E-state index >= 15 is 0 Å². The van der Waals surface area contributed by atoms with Crippen LogP contribution in [0.3, 0.4) is 0 Å². The van der Waals surface area contributed by atoms with Gasteiger partial charge in [-0.15, -0.1) is 0 Å². The predicted molar refractivity (Wildman–Crippen MR) is 110 cm³/mol. The minimum absolute atomic E-state index is 0.221. The predicted octanol–water partition coefficient (Wildman–Crippen LogP) is 5.23. The van der Waals surface area contributed by atoms with Crippen LogP contribution in [0.1, 0.15) is 41.5 Å². The molecule has 0 spiro atoms. The number of benzene rings is 2. The van der Waals surface area contributed by atoms with Crippen molar-refractivity contribution in [1.82, 2.24) is 0 Å². The Hall–Kier alpha value is -2.47. The Morgan fingerprint density at radius 1 is 1.03 bits per heavy atom. The number of unbranched alkanes of at least 4 members (excludes halogenated alkanes) is 1. The van der Waals surface area contributed by atoms with Crippen molar-refractivity contribution in [1.29, 1.82) is 0 Å². The molecule has 0 radical (unpaired) electrons. The Bertz CT molecular complexity index is 816. The molecular formula is C23H29F2NO3. The third-order valence-electron chi connectivity index (χ3n) is 4.79. The lowest BCUT2D eigenvalue weighted by atomic mass is 10.1. The highest BCUT2D eigenvalue weighted by Crippen LogP contribution is 2.20. The normalized spacial score (nSPS) is 11.9. The molecule has 0 fully saturated rings. The fraction of sp³-hybridized carbons (Fsp3) is 0.435. The monoisotopic (exact) mass is 405 g/mol. The number of aryl methyl sites for hydroxylation is 3. The molecule has 0 aliphatic rings. The summed E-state index contributed by atoms with van der Waals surface area (Å²) >= 11 is 0. The molecule has 1 atom stereocenters. The number of rotatable bonds is 10. The lowest BCUT2D eigenvalue weighted by molar-refractivity contribution is -0.141. The molecule has 0 bridgehead atoms. The van der Waals surface area contributed by atoms with Gasteiger partial charge in [-0.25, -0.2) is 13.6 Å². The molecule has 0 aliphatic heterocycles. The van der Waals surface area contributed by atoms with E-state index in [0.717, 1.165) is 18.4 Å². The molecule has 4 nitrogen and oxygen atoms in total. The van der Waals surface area contributed by atoms with Gasteiger partial charge in [0.2, 0.25) is 0 Å². The average Bonchev–Trinajstić information content (AvgIpc) is 2.69. The van der Waals surface area contributed by atoms with Gasteiger partial charge in [0.1, 0.15) is 17.7 Å². The van der Waals surface area contributed by atoms with Gasteiger partial charge >= 0.3 is 5.97 Å². The van der Waals surface area contributed by atoms with Crippen LogP contribution in [0.5, 0.6) is 0 Å². The zero-order valence-corrected chi connectivity index (χ0v) is 17.5. The van der Waals surface area contributed by atoms with Gasteiger partial charge in [0.05, 0.1) is 13.7 Å². The van der Waals surface area contributed by atoms with Gasteiger partial charge in [-0.05, 0) is 80.5 Å². The molecule has 0 aromatic heterocycles. The molecule has 0 unspecified atom stereocenters. The fourth-order valence-electron chi connectivity index (χ4n) is 3.16. The summed E-state index contributed by atoms with van der Waals surface area (Å²) in [4.78, 5) is 12.1. The lowest BCUT2D eigenvalue weighted by Crippen LogP contribution is -2.30. The first-order chi connectivity index (χ1) is 13.8. The van der Waals surface area contributed by atoms with E-state index in [1.54, 1.807) is 45.0 Å². The Labute approximate surface area is 171 Å². The molecule has 1 N–H and O–H groups in total. The standard InChI is InChI=1S/C23H29F2NO3/c1-15-11-18(8-9-20(15)24)14-29-10-6-5-7-21(23(27)28-4)26-19-12-16(2)22(25)17(3)13-19/h8-9,11-13,21,26H,5-7,10,14H2,1-4H3/t21-/m1/s1. The van der Waals surface area contributed by atoms with Crippen molar-refractivity contribution in [3.05, 3.63) is 64.2 Å². The number of methoxy groups -OCH3 is 1. The van der Waals surface area contributed by atoms with Crippen LogP contribution in [-0.2, 0) is 20.9 Å². The maximum absolute atomic E-state index is 13.8. The summed E-state index contributed by atoms with van der Waals surface area (Å²) in [5.74, 6) is -0.812. The highest BCUT2D eigenvalue weighted by Gasteiger charge is 2.19. The van der Waals surface area contributed by atoms with E-state index < -0.39 is 6.04 Å². The SMILES string of the molecule is COC(=O)[C@@H](CCCCOCc1ccc(F)c(C)c1)Nc1cc(C)c(F)c(C)c1. The number of nitrogens with one attached hydrogen (secondary N) is 1. The maximum Gasteiger partial charge on any atom is 0.328 e. The van der Waals surface area contributed by atoms with Crippen LogP contribution in [0.25, 0.3) is 0 Å². The smallest absolute Gasteiger partial charge is 0.328 e. The number of anilines is 1. The van der Waals surface area contributed by atoms with Crippen molar-refractivity contribution >= 4 is 11.7 Å². The number of carbonyl (C=O) groups is 1. The molecule has 2 aromatic rings. The molecule has 0 amide bonds. The third-order valence-corrected chi connectivity index (χ3v) is 4.79. The summed E-state index contributed by atoms with van der Waals surface area (Å²) in [5, 5.41) is 3.15. The second-order valence-electron chi connectivity index (χ2n) is 7.28. The molecular weight excluding hydrogens is 376 g/mol. The molecule has 158 valence electrons. The van der Waals surface area contributed by atoms with Crippen LogP contribution in [-0.4, -0.2) is 25.7 Å². The number of ether oxygens (including phenoxy) is 2. The van der Waals surface area contributed by atoms with Gasteiger partial charge in [-0.1, -0.05) is 12.1 Å². The zero-order valence-electron chi connectivity index (χ0n) is 17.5. The van der Waals surface area contributed by atoms with E-state index in [4.69, 9.17) is 9.47 Å². The van der Waals surface area contributed by atoms with Crippen LogP contribution in [0.4, 0.5) is 14.5 Å². The summed E-state index contributed by atoms with van der Waals surface area (Å²) in [6.45, 7) is 6.08. The highest BCUT2D eigenvalue weighted by molar-refractivity contribution is 5.79. The topological polar surface area (TPSA) is 47.6 Å². The largest absolute Gasteiger partial charge is 0.467 e. The molecule has 6 heteroatoms. The van der Waals surface area contributed by atoms with Crippen LogP contribution < -0.4 is 5.32 Å². The highest BCUT2D eigenvalue weighted by atomic mass is 19.1. The fourth-order valence-corrected chi connectivity index (χ4v) is 3.16. The van der Waals surface area contributed by atoms with Gasteiger partial charge in [0.15, 0.2) is 0 Å². The number of hydrogen-bond donors (Lipinski definition) is 1. The summed E-state index contributed by atoms with van der Waals surface area (Å²) in [5.41, 5.74) is 3.28. The molecule has 2 aromatic carbocycles. The van der Waals surface area contributed by atoms with E-state index in [-0.39, 0.29) is 17.6 Å². The summed E-state index contributed by atoms with van der Waals surface area (Å²) in [6, 6.07) is 7.80. The number of hydrogen-bond acceptors (Lipinski definition) is 4. The maximum atomic E-state index is 13.8. The first kappa shape index (κ1) is 22.8. The van der Waals surface area contributed by atoms with Crippen LogP contribution >= 0.6 is 0 Å². The number of esters is 1. The Balaban J connectivity index is 1.80. The summed E-state index contributed by atoms with van der Waals surface area (Å²) < 4.78 is 37.6. The molecule has 0 heterocycles.